The Bertz CT molecular complexity index is 246. The van der Waals surface area contributed by atoms with Crippen LogP contribution in [0.25, 0.3) is 0 Å². The maximum Gasteiger partial charge on any atom is 0.222 e. The molecule has 5 nitrogen and oxygen atoms in total. The monoisotopic (exact) mass is 228 g/mol. The summed E-state index contributed by atoms with van der Waals surface area (Å²) < 4.78 is 10.6. The SMILES string of the molecule is CC1(NC(=O)CC2COCCN2)CCOC1. The first-order chi connectivity index (χ1) is 7.68. The van der Waals surface area contributed by atoms with E-state index in [-0.39, 0.29) is 17.5 Å². The lowest BCUT2D eigenvalue weighted by Gasteiger charge is -2.27. The molecule has 0 aromatic carbocycles. The van der Waals surface area contributed by atoms with Crippen molar-refractivity contribution < 1.29 is 14.3 Å². The highest BCUT2D eigenvalue weighted by Crippen LogP contribution is 2.17. The van der Waals surface area contributed by atoms with Gasteiger partial charge in [-0.25, -0.2) is 0 Å². The zero-order valence-corrected chi connectivity index (χ0v) is 9.75. The second-order valence-electron chi connectivity index (χ2n) is 4.84. The minimum Gasteiger partial charge on any atom is -0.379 e. The summed E-state index contributed by atoms with van der Waals surface area (Å²) in [6, 6.07) is 0.152. The maximum atomic E-state index is 11.8. The highest BCUT2D eigenvalue weighted by atomic mass is 16.5. The van der Waals surface area contributed by atoms with E-state index in [9.17, 15) is 4.79 Å². The molecular formula is C11H20N2O3. The second kappa shape index (κ2) is 5.12. The molecule has 0 spiro atoms. The van der Waals surface area contributed by atoms with Gasteiger partial charge < -0.3 is 20.1 Å². The van der Waals surface area contributed by atoms with Gasteiger partial charge in [0.05, 0.1) is 25.4 Å². The quantitative estimate of drug-likeness (QED) is 0.694. The van der Waals surface area contributed by atoms with Gasteiger partial charge >= 0.3 is 0 Å². The number of amides is 1. The Kier molecular flexibility index (Phi) is 3.78. The van der Waals surface area contributed by atoms with Crippen molar-refractivity contribution in [3.05, 3.63) is 0 Å². The Morgan fingerprint density at radius 1 is 1.50 bits per heavy atom. The molecule has 0 aliphatic carbocycles. The largest absolute Gasteiger partial charge is 0.379 e. The summed E-state index contributed by atoms with van der Waals surface area (Å²) in [4.78, 5) is 11.8. The Labute approximate surface area is 95.9 Å². The summed E-state index contributed by atoms with van der Waals surface area (Å²) in [5.74, 6) is 0.0796. The van der Waals surface area contributed by atoms with E-state index in [1.807, 2.05) is 6.92 Å². The molecule has 2 aliphatic heterocycles. The molecule has 2 rings (SSSR count). The van der Waals surface area contributed by atoms with E-state index in [2.05, 4.69) is 10.6 Å². The molecule has 2 unspecified atom stereocenters. The third-order valence-corrected chi connectivity index (χ3v) is 3.09. The molecule has 2 saturated heterocycles. The Morgan fingerprint density at radius 3 is 3.00 bits per heavy atom. The Balaban J connectivity index is 1.74. The second-order valence-corrected chi connectivity index (χ2v) is 4.84. The molecular weight excluding hydrogens is 208 g/mol. The van der Waals surface area contributed by atoms with E-state index in [1.165, 1.54) is 0 Å². The van der Waals surface area contributed by atoms with Gasteiger partial charge in [-0.15, -0.1) is 0 Å². The topological polar surface area (TPSA) is 59.6 Å². The van der Waals surface area contributed by atoms with Crippen molar-refractivity contribution in [2.75, 3.05) is 33.0 Å². The van der Waals surface area contributed by atoms with Gasteiger partial charge in [-0.1, -0.05) is 0 Å². The summed E-state index contributed by atoms with van der Waals surface area (Å²) in [5, 5.41) is 6.31. The first kappa shape index (κ1) is 11.8. The fraction of sp³-hybridized carbons (Fsp3) is 0.909. The molecule has 2 N–H and O–H groups in total. The van der Waals surface area contributed by atoms with Crippen LogP contribution in [0.3, 0.4) is 0 Å². The van der Waals surface area contributed by atoms with Crippen LogP contribution in [-0.2, 0) is 14.3 Å². The van der Waals surface area contributed by atoms with Crippen LogP contribution in [0.5, 0.6) is 0 Å². The molecule has 0 aromatic heterocycles. The van der Waals surface area contributed by atoms with Crippen molar-refractivity contribution in [3.8, 4) is 0 Å². The lowest BCUT2D eigenvalue weighted by Crippen LogP contribution is -2.50. The van der Waals surface area contributed by atoms with Crippen LogP contribution in [0.1, 0.15) is 19.8 Å². The first-order valence-corrected chi connectivity index (χ1v) is 5.88. The van der Waals surface area contributed by atoms with Crippen LogP contribution in [0.15, 0.2) is 0 Å². The summed E-state index contributed by atoms with van der Waals surface area (Å²) in [7, 11) is 0. The predicted molar refractivity (Wildman–Crippen MR) is 59.2 cm³/mol. The van der Waals surface area contributed by atoms with Crippen molar-refractivity contribution in [2.45, 2.75) is 31.3 Å². The highest BCUT2D eigenvalue weighted by molar-refractivity contribution is 5.77. The molecule has 1 amide bonds. The molecule has 5 heteroatoms. The number of hydrogen-bond acceptors (Lipinski definition) is 4. The van der Waals surface area contributed by atoms with Crippen LogP contribution >= 0.6 is 0 Å². The van der Waals surface area contributed by atoms with Crippen LogP contribution < -0.4 is 10.6 Å². The van der Waals surface area contributed by atoms with Gasteiger partial charge in [-0.2, -0.15) is 0 Å². The van der Waals surface area contributed by atoms with Crippen molar-refractivity contribution in [1.82, 2.24) is 10.6 Å². The average molecular weight is 228 g/mol. The lowest BCUT2D eigenvalue weighted by atomic mass is 10.0. The predicted octanol–water partition coefficient (Wildman–Crippen LogP) is -0.340. The summed E-state index contributed by atoms with van der Waals surface area (Å²) >= 11 is 0. The average Bonchev–Trinajstić information content (AvgIpc) is 2.66. The number of rotatable bonds is 3. The number of carbonyl (C=O) groups is 1. The number of nitrogens with one attached hydrogen (secondary N) is 2. The molecule has 2 fully saturated rings. The van der Waals surface area contributed by atoms with Gasteiger partial charge in [-0.3, -0.25) is 4.79 Å². The Morgan fingerprint density at radius 2 is 2.38 bits per heavy atom. The van der Waals surface area contributed by atoms with E-state index in [4.69, 9.17) is 9.47 Å². The number of hydrogen-bond donors (Lipinski definition) is 2. The molecule has 0 radical (unpaired) electrons. The minimum atomic E-state index is -0.174. The van der Waals surface area contributed by atoms with E-state index in [0.717, 1.165) is 26.2 Å². The molecule has 0 bridgehead atoms. The number of ether oxygens (including phenoxy) is 2. The minimum absolute atomic E-state index is 0.0796. The zero-order chi connectivity index (χ0) is 11.4. The van der Waals surface area contributed by atoms with Crippen molar-refractivity contribution in [3.63, 3.8) is 0 Å². The van der Waals surface area contributed by atoms with Gasteiger partial charge in [-0.05, 0) is 13.3 Å². The van der Waals surface area contributed by atoms with E-state index in [1.54, 1.807) is 0 Å². The lowest BCUT2D eigenvalue weighted by molar-refractivity contribution is -0.124. The summed E-state index contributed by atoms with van der Waals surface area (Å²) in [5.41, 5.74) is -0.174. The fourth-order valence-corrected chi connectivity index (χ4v) is 2.13. The van der Waals surface area contributed by atoms with E-state index >= 15 is 0 Å². The van der Waals surface area contributed by atoms with E-state index in [0.29, 0.717) is 19.6 Å². The first-order valence-electron chi connectivity index (χ1n) is 5.88. The number of morpholine rings is 1. The van der Waals surface area contributed by atoms with Gasteiger partial charge in [0.15, 0.2) is 0 Å². The van der Waals surface area contributed by atoms with Crippen molar-refractivity contribution in [2.24, 2.45) is 0 Å². The number of carbonyl (C=O) groups excluding carboxylic acids is 1. The zero-order valence-electron chi connectivity index (χ0n) is 9.75. The maximum absolute atomic E-state index is 11.8. The van der Waals surface area contributed by atoms with Gasteiger partial charge in [0.2, 0.25) is 5.91 Å². The van der Waals surface area contributed by atoms with Gasteiger partial charge in [0.25, 0.3) is 0 Å². The van der Waals surface area contributed by atoms with Crippen LogP contribution in [0.2, 0.25) is 0 Å². The van der Waals surface area contributed by atoms with Crippen molar-refractivity contribution >= 4 is 5.91 Å². The van der Waals surface area contributed by atoms with Crippen LogP contribution in [0.4, 0.5) is 0 Å². The Hall–Kier alpha value is -0.650. The van der Waals surface area contributed by atoms with Gasteiger partial charge in [0, 0.05) is 25.6 Å². The molecule has 92 valence electrons. The van der Waals surface area contributed by atoms with Crippen LogP contribution in [0, 0.1) is 0 Å². The third kappa shape index (κ3) is 3.17. The normalized spacial score (nSPS) is 34.9. The molecule has 0 aromatic rings. The van der Waals surface area contributed by atoms with Crippen molar-refractivity contribution in [1.29, 1.82) is 0 Å². The third-order valence-electron chi connectivity index (χ3n) is 3.09. The summed E-state index contributed by atoms with van der Waals surface area (Å²) in [6.07, 6.45) is 1.38. The standard InChI is InChI=1S/C11H20N2O3/c1-11(2-4-16-8-11)13-10(14)6-9-7-15-5-3-12-9/h9,12H,2-8H2,1H3,(H,13,14). The molecule has 2 heterocycles. The van der Waals surface area contributed by atoms with Crippen LogP contribution in [-0.4, -0.2) is 50.5 Å². The van der Waals surface area contributed by atoms with E-state index < -0.39 is 0 Å². The van der Waals surface area contributed by atoms with Gasteiger partial charge in [0.1, 0.15) is 0 Å². The fourth-order valence-electron chi connectivity index (χ4n) is 2.13. The highest BCUT2D eigenvalue weighted by Gasteiger charge is 2.31. The molecule has 0 saturated carbocycles. The molecule has 2 atom stereocenters. The molecule has 2 aliphatic rings. The molecule has 16 heavy (non-hydrogen) atoms. The summed E-state index contributed by atoms with van der Waals surface area (Å²) in [6.45, 7) is 5.58. The smallest absolute Gasteiger partial charge is 0.222 e.